The summed E-state index contributed by atoms with van der Waals surface area (Å²) in [5, 5.41) is 8.36. The summed E-state index contributed by atoms with van der Waals surface area (Å²) in [6, 6.07) is 9.46. The number of hydrogen-bond donors (Lipinski definition) is 0. The average molecular weight is 351 g/mol. The van der Waals surface area contributed by atoms with Gasteiger partial charge in [0.05, 0.1) is 0 Å². The van der Waals surface area contributed by atoms with Crippen LogP contribution in [-0.4, -0.2) is 44.0 Å². The van der Waals surface area contributed by atoms with Crippen molar-refractivity contribution in [1.82, 2.24) is 24.9 Å². The zero-order chi connectivity index (χ0) is 17.9. The molecule has 1 fully saturated rings. The highest BCUT2D eigenvalue weighted by Gasteiger charge is 2.25. The lowest BCUT2D eigenvalue weighted by atomic mass is 10.1. The van der Waals surface area contributed by atoms with Crippen molar-refractivity contribution in [1.29, 1.82) is 0 Å². The van der Waals surface area contributed by atoms with Crippen molar-refractivity contribution < 1.29 is 9.18 Å². The van der Waals surface area contributed by atoms with E-state index in [0.29, 0.717) is 17.0 Å². The Hall–Kier alpha value is -3.09. The van der Waals surface area contributed by atoms with Gasteiger partial charge in [0.25, 0.3) is 0 Å². The lowest BCUT2D eigenvalue weighted by Gasteiger charge is -2.26. The third-order valence-electron chi connectivity index (χ3n) is 4.55. The number of carbonyl (C=O) groups excluding carboxylic acids is 1. The number of nitrogens with zero attached hydrogens (tertiary/aromatic N) is 5. The highest BCUT2D eigenvalue weighted by Crippen LogP contribution is 2.30. The SMILES string of the molecule is O=C(N1CCCCC1)n1nnc(-c2ccc(F)cc2)c1-c1ccncc1. The first-order valence-electron chi connectivity index (χ1n) is 8.65. The topological polar surface area (TPSA) is 63.9 Å². The number of rotatable bonds is 2. The van der Waals surface area contributed by atoms with Gasteiger partial charge < -0.3 is 4.90 Å². The maximum Gasteiger partial charge on any atom is 0.346 e. The summed E-state index contributed by atoms with van der Waals surface area (Å²) in [5.74, 6) is -0.323. The van der Waals surface area contributed by atoms with Crippen molar-refractivity contribution in [2.75, 3.05) is 13.1 Å². The van der Waals surface area contributed by atoms with Gasteiger partial charge in [0.1, 0.15) is 17.2 Å². The summed E-state index contributed by atoms with van der Waals surface area (Å²) in [4.78, 5) is 18.8. The highest BCUT2D eigenvalue weighted by atomic mass is 19.1. The Balaban J connectivity index is 1.82. The van der Waals surface area contributed by atoms with Gasteiger partial charge in [-0.25, -0.2) is 9.18 Å². The second-order valence-electron chi connectivity index (χ2n) is 6.27. The minimum atomic E-state index is -0.323. The predicted octanol–water partition coefficient (Wildman–Crippen LogP) is 3.60. The van der Waals surface area contributed by atoms with Crippen molar-refractivity contribution in [3.63, 3.8) is 0 Å². The van der Waals surface area contributed by atoms with Crippen LogP contribution >= 0.6 is 0 Å². The zero-order valence-electron chi connectivity index (χ0n) is 14.2. The number of benzene rings is 1. The summed E-state index contributed by atoms with van der Waals surface area (Å²) in [7, 11) is 0. The van der Waals surface area contributed by atoms with Crippen molar-refractivity contribution in [3.05, 3.63) is 54.6 Å². The molecule has 0 bridgehead atoms. The molecule has 3 aromatic rings. The van der Waals surface area contributed by atoms with E-state index < -0.39 is 0 Å². The van der Waals surface area contributed by atoms with Gasteiger partial charge in [0.2, 0.25) is 0 Å². The minimum absolute atomic E-state index is 0.183. The monoisotopic (exact) mass is 351 g/mol. The first-order valence-corrected chi connectivity index (χ1v) is 8.65. The molecule has 3 heterocycles. The Bertz CT molecular complexity index is 901. The van der Waals surface area contributed by atoms with E-state index in [4.69, 9.17) is 0 Å². The van der Waals surface area contributed by atoms with Crippen LogP contribution in [0.3, 0.4) is 0 Å². The van der Waals surface area contributed by atoms with E-state index in [0.717, 1.165) is 37.9 Å². The standard InChI is InChI=1S/C19H18FN5O/c20-16-6-4-14(5-7-16)17-18(15-8-10-21-11-9-15)25(23-22-17)19(26)24-12-2-1-3-13-24/h4-11H,1-3,12-13H2. The van der Waals surface area contributed by atoms with Gasteiger partial charge >= 0.3 is 6.03 Å². The maximum absolute atomic E-state index is 13.3. The quantitative estimate of drug-likeness (QED) is 0.708. The molecule has 6 nitrogen and oxygen atoms in total. The fourth-order valence-corrected chi connectivity index (χ4v) is 3.21. The number of amides is 1. The average Bonchev–Trinajstić information content (AvgIpc) is 3.14. The summed E-state index contributed by atoms with van der Waals surface area (Å²) < 4.78 is 14.6. The van der Waals surface area contributed by atoms with E-state index in [1.165, 1.54) is 16.8 Å². The van der Waals surface area contributed by atoms with Crippen LogP contribution in [0.5, 0.6) is 0 Å². The molecule has 1 aliphatic rings. The van der Waals surface area contributed by atoms with E-state index in [2.05, 4.69) is 15.3 Å². The van der Waals surface area contributed by atoms with Gasteiger partial charge in [-0.15, -0.1) is 5.10 Å². The van der Waals surface area contributed by atoms with Crippen molar-refractivity contribution in [3.8, 4) is 22.5 Å². The summed E-state index contributed by atoms with van der Waals surface area (Å²) in [6.45, 7) is 1.45. The summed E-state index contributed by atoms with van der Waals surface area (Å²) in [5.41, 5.74) is 2.63. The summed E-state index contributed by atoms with van der Waals surface area (Å²) in [6.07, 6.45) is 6.45. The molecule has 0 spiro atoms. The van der Waals surface area contributed by atoms with Crippen LogP contribution in [0, 0.1) is 5.82 Å². The number of aromatic nitrogens is 4. The zero-order valence-corrected chi connectivity index (χ0v) is 14.2. The minimum Gasteiger partial charge on any atom is -0.323 e. The number of carbonyl (C=O) groups is 1. The Morgan fingerprint density at radius 2 is 1.62 bits per heavy atom. The number of likely N-dealkylation sites (tertiary alicyclic amines) is 1. The van der Waals surface area contributed by atoms with Gasteiger partial charge in [-0.1, -0.05) is 5.21 Å². The van der Waals surface area contributed by atoms with E-state index in [1.54, 1.807) is 29.4 Å². The second kappa shape index (κ2) is 7.03. The number of hydrogen-bond acceptors (Lipinski definition) is 4. The number of piperidine rings is 1. The number of pyridine rings is 1. The molecule has 1 aromatic carbocycles. The van der Waals surface area contributed by atoms with Crippen molar-refractivity contribution in [2.45, 2.75) is 19.3 Å². The normalized spacial score (nSPS) is 14.4. The van der Waals surface area contributed by atoms with Crippen LogP contribution < -0.4 is 0 Å². The molecule has 26 heavy (non-hydrogen) atoms. The van der Waals surface area contributed by atoms with Crippen molar-refractivity contribution >= 4 is 6.03 Å². The van der Waals surface area contributed by atoms with Gasteiger partial charge in [-0.2, -0.15) is 4.68 Å². The molecule has 132 valence electrons. The Morgan fingerprint density at radius 3 is 2.31 bits per heavy atom. The van der Waals surface area contributed by atoms with E-state index in [-0.39, 0.29) is 11.8 Å². The molecule has 0 saturated carbocycles. The van der Waals surface area contributed by atoms with E-state index in [1.807, 2.05) is 12.1 Å². The molecule has 0 unspecified atom stereocenters. The molecule has 0 atom stereocenters. The third kappa shape index (κ3) is 3.08. The van der Waals surface area contributed by atoms with Gasteiger partial charge in [0, 0.05) is 36.6 Å². The van der Waals surface area contributed by atoms with Crippen LogP contribution in [0.2, 0.25) is 0 Å². The predicted molar refractivity (Wildman–Crippen MR) is 94.9 cm³/mol. The van der Waals surface area contributed by atoms with Crippen LogP contribution in [0.4, 0.5) is 9.18 Å². The van der Waals surface area contributed by atoms with Crippen LogP contribution in [0.25, 0.3) is 22.5 Å². The fraction of sp³-hybridized carbons (Fsp3) is 0.263. The molecule has 4 rings (SSSR count). The molecular weight excluding hydrogens is 333 g/mol. The van der Waals surface area contributed by atoms with Crippen molar-refractivity contribution in [2.24, 2.45) is 0 Å². The van der Waals surface area contributed by atoms with E-state index >= 15 is 0 Å². The Labute approximate surface area is 150 Å². The largest absolute Gasteiger partial charge is 0.346 e. The molecular formula is C19H18FN5O. The molecule has 1 aliphatic heterocycles. The lowest BCUT2D eigenvalue weighted by Crippen LogP contribution is -2.39. The Morgan fingerprint density at radius 1 is 0.923 bits per heavy atom. The maximum atomic E-state index is 13.3. The van der Waals surface area contributed by atoms with Gasteiger partial charge in [-0.3, -0.25) is 4.98 Å². The lowest BCUT2D eigenvalue weighted by molar-refractivity contribution is 0.185. The molecule has 7 heteroatoms. The molecule has 1 saturated heterocycles. The van der Waals surface area contributed by atoms with E-state index in [9.17, 15) is 9.18 Å². The van der Waals surface area contributed by atoms with Gasteiger partial charge in [0.15, 0.2) is 0 Å². The van der Waals surface area contributed by atoms with Gasteiger partial charge in [-0.05, 0) is 55.7 Å². The number of halogens is 1. The molecule has 2 aromatic heterocycles. The Kier molecular flexibility index (Phi) is 4.43. The molecule has 1 amide bonds. The second-order valence-corrected chi connectivity index (χ2v) is 6.27. The first kappa shape index (κ1) is 16.4. The molecule has 0 aliphatic carbocycles. The summed E-state index contributed by atoms with van der Waals surface area (Å²) >= 11 is 0. The molecule has 0 radical (unpaired) electrons. The highest BCUT2D eigenvalue weighted by molar-refractivity contribution is 5.87. The molecule has 0 N–H and O–H groups in total. The van der Waals surface area contributed by atoms with Crippen LogP contribution in [0.15, 0.2) is 48.8 Å². The third-order valence-corrected chi connectivity index (χ3v) is 4.55. The van der Waals surface area contributed by atoms with Crippen LogP contribution in [-0.2, 0) is 0 Å². The van der Waals surface area contributed by atoms with Crippen LogP contribution in [0.1, 0.15) is 19.3 Å². The smallest absolute Gasteiger partial charge is 0.323 e. The fourth-order valence-electron chi connectivity index (χ4n) is 3.21. The first-order chi connectivity index (χ1) is 12.7.